The number of anilines is 1. The van der Waals surface area contributed by atoms with Crippen molar-refractivity contribution in [2.24, 2.45) is 5.92 Å². The fraction of sp³-hybridized carbons (Fsp3) is 0.524. The number of ether oxygens (including phenoxy) is 1. The molecule has 1 amide bonds. The predicted octanol–water partition coefficient (Wildman–Crippen LogP) is 1.91. The molecule has 4 heterocycles. The first kappa shape index (κ1) is 19.4. The van der Waals surface area contributed by atoms with Crippen LogP contribution in [0.5, 0.6) is 0 Å². The zero-order valence-corrected chi connectivity index (χ0v) is 16.9. The molecule has 8 heteroatoms. The molecule has 1 saturated heterocycles. The van der Waals surface area contributed by atoms with Gasteiger partial charge in [0.2, 0.25) is 0 Å². The van der Waals surface area contributed by atoms with Crippen LogP contribution in [0.3, 0.4) is 0 Å². The second-order valence-corrected chi connectivity index (χ2v) is 7.76. The van der Waals surface area contributed by atoms with E-state index in [9.17, 15) is 10.1 Å². The molecule has 2 aromatic heterocycles. The van der Waals surface area contributed by atoms with Crippen LogP contribution < -0.4 is 5.32 Å². The molecule has 2 aliphatic rings. The predicted molar refractivity (Wildman–Crippen MR) is 108 cm³/mol. The maximum Gasteiger partial charge on any atom is 0.257 e. The summed E-state index contributed by atoms with van der Waals surface area (Å²) in [6.07, 6.45) is 3.49. The van der Waals surface area contributed by atoms with Crippen LogP contribution in [0.2, 0.25) is 0 Å². The fourth-order valence-electron chi connectivity index (χ4n) is 4.15. The van der Waals surface area contributed by atoms with Crippen molar-refractivity contribution in [3.63, 3.8) is 0 Å². The Bertz CT molecular complexity index is 955. The molecule has 0 saturated carbocycles. The normalized spacial score (nSPS) is 18.8. The smallest absolute Gasteiger partial charge is 0.257 e. The summed E-state index contributed by atoms with van der Waals surface area (Å²) in [5.74, 6) is 0.422. The first-order chi connectivity index (χ1) is 14.1. The second kappa shape index (κ2) is 8.21. The number of nitrogens with zero attached hydrogens (tertiary/aromatic N) is 5. The van der Waals surface area contributed by atoms with Crippen LogP contribution in [0, 0.1) is 31.1 Å². The van der Waals surface area contributed by atoms with Gasteiger partial charge in [-0.25, -0.2) is 0 Å². The molecule has 1 unspecified atom stereocenters. The van der Waals surface area contributed by atoms with Crippen molar-refractivity contribution in [2.75, 3.05) is 38.2 Å². The van der Waals surface area contributed by atoms with E-state index in [1.54, 1.807) is 6.20 Å². The number of nitriles is 1. The van der Waals surface area contributed by atoms with Gasteiger partial charge in [0.25, 0.3) is 5.91 Å². The van der Waals surface area contributed by atoms with Gasteiger partial charge in [-0.2, -0.15) is 10.4 Å². The summed E-state index contributed by atoms with van der Waals surface area (Å²) in [4.78, 5) is 19.2. The van der Waals surface area contributed by atoms with Gasteiger partial charge in [0.15, 0.2) is 0 Å². The highest BCUT2D eigenvalue weighted by molar-refractivity contribution is 5.95. The van der Waals surface area contributed by atoms with Crippen LogP contribution in [0.1, 0.15) is 39.4 Å². The number of rotatable bonds is 4. The van der Waals surface area contributed by atoms with E-state index in [0.29, 0.717) is 43.3 Å². The topological polar surface area (TPSA) is 96.1 Å². The molecule has 1 fully saturated rings. The Morgan fingerprint density at radius 2 is 2.14 bits per heavy atom. The van der Waals surface area contributed by atoms with E-state index < -0.39 is 0 Å². The van der Waals surface area contributed by atoms with Gasteiger partial charge >= 0.3 is 0 Å². The molecule has 1 N–H and O–H groups in total. The van der Waals surface area contributed by atoms with Crippen LogP contribution in [0.15, 0.2) is 12.3 Å². The molecule has 0 radical (unpaired) electrons. The van der Waals surface area contributed by atoms with E-state index >= 15 is 0 Å². The van der Waals surface area contributed by atoms with Gasteiger partial charge in [0.1, 0.15) is 6.07 Å². The molecule has 1 atom stereocenters. The summed E-state index contributed by atoms with van der Waals surface area (Å²) in [7, 11) is 0. The van der Waals surface area contributed by atoms with Crippen molar-refractivity contribution in [1.29, 1.82) is 5.26 Å². The summed E-state index contributed by atoms with van der Waals surface area (Å²) in [5.41, 5.74) is 4.80. The van der Waals surface area contributed by atoms with Gasteiger partial charge in [-0.1, -0.05) is 0 Å². The first-order valence-corrected chi connectivity index (χ1v) is 10.1. The van der Waals surface area contributed by atoms with Crippen LogP contribution in [0.4, 0.5) is 5.69 Å². The maximum absolute atomic E-state index is 12.9. The van der Waals surface area contributed by atoms with Crippen molar-refractivity contribution in [3.8, 4) is 6.07 Å². The van der Waals surface area contributed by atoms with E-state index in [0.717, 1.165) is 48.7 Å². The first-order valence-electron chi connectivity index (χ1n) is 10.1. The number of aryl methyl sites for hydroxylation is 3. The number of amides is 1. The Morgan fingerprint density at radius 1 is 1.34 bits per heavy atom. The molecule has 152 valence electrons. The summed E-state index contributed by atoms with van der Waals surface area (Å²) in [6, 6.07) is 4.17. The molecule has 0 bridgehead atoms. The number of nitrogens with one attached hydrogen (secondary N) is 1. The molecule has 0 spiro atoms. The quantitative estimate of drug-likeness (QED) is 0.851. The zero-order valence-electron chi connectivity index (χ0n) is 16.9. The Balaban J connectivity index is 1.46. The Labute approximate surface area is 170 Å². The fourth-order valence-corrected chi connectivity index (χ4v) is 4.15. The highest BCUT2D eigenvalue weighted by atomic mass is 16.5. The second-order valence-electron chi connectivity index (χ2n) is 7.76. The van der Waals surface area contributed by atoms with Crippen molar-refractivity contribution in [1.82, 2.24) is 19.7 Å². The Hall–Kier alpha value is -2.92. The van der Waals surface area contributed by atoms with Crippen LogP contribution in [0.25, 0.3) is 0 Å². The van der Waals surface area contributed by atoms with Gasteiger partial charge in [0, 0.05) is 31.9 Å². The number of morpholine rings is 1. The number of hydrogen-bond donors (Lipinski definition) is 1. The third-order valence-corrected chi connectivity index (χ3v) is 5.73. The average molecular weight is 394 g/mol. The van der Waals surface area contributed by atoms with Crippen molar-refractivity contribution in [2.45, 2.75) is 33.2 Å². The third kappa shape index (κ3) is 3.96. The van der Waals surface area contributed by atoms with Crippen molar-refractivity contribution in [3.05, 3.63) is 40.5 Å². The highest BCUT2D eigenvalue weighted by Crippen LogP contribution is 2.26. The van der Waals surface area contributed by atoms with Crippen molar-refractivity contribution >= 4 is 11.6 Å². The average Bonchev–Trinajstić information content (AvgIpc) is 3.15. The third-order valence-electron chi connectivity index (χ3n) is 5.73. The number of pyridine rings is 1. The maximum atomic E-state index is 12.9. The molecule has 4 rings (SSSR count). The van der Waals surface area contributed by atoms with Gasteiger partial charge in [0.05, 0.1) is 47.6 Å². The Kier molecular flexibility index (Phi) is 5.49. The monoisotopic (exact) mass is 394 g/mol. The number of hydrogen-bond acceptors (Lipinski definition) is 6. The largest absolute Gasteiger partial charge is 0.384 e. The van der Waals surface area contributed by atoms with Gasteiger partial charge in [-0.15, -0.1) is 0 Å². The van der Waals surface area contributed by atoms with Crippen LogP contribution in [-0.2, 0) is 17.7 Å². The number of carbonyl (C=O) groups excluding carboxylic acids is 1. The van der Waals surface area contributed by atoms with E-state index in [2.05, 4.69) is 21.5 Å². The van der Waals surface area contributed by atoms with E-state index in [1.807, 2.05) is 29.5 Å². The minimum absolute atomic E-state index is 0.0512. The minimum atomic E-state index is 0.0512. The molecule has 2 aromatic rings. The number of aromatic nitrogens is 3. The standard InChI is InChI=1S/C21H26N6O2/c1-14-9-19(17(11-22)15(2)25-14)23-12-16-3-4-27-20(10-16)18(13-24-27)21(28)26-5-7-29-8-6-26/h9,13,16H,3-8,10,12H2,1-2H3,(H,23,25). The molecule has 8 nitrogen and oxygen atoms in total. The van der Waals surface area contributed by atoms with E-state index in [1.165, 1.54) is 0 Å². The molecule has 0 aliphatic carbocycles. The molecular weight excluding hydrogens is 368 g/mol. The molecule has 0 aromatic carbocycles. The lowest BCUT2D eigenvalue weighted by molar-refractivity contribution is 0.0301. The summed E-state index contributed by atoms with van der Waals surface area (Å²) in [5, 5.41) is 17.3. The molecule has 2 aliphatic heterocycles. The molecular formula is C21H26N6O2. The number of fused-ring (bicyclic) bond motifs is 1. The van der Waals surface area contributed by atoms with Crippen LogP contribution in [-0.4, -0.2) is 58.4 Å². The van der Waals surface area contributed by atoms with Gasteiger partial charge in [-0.3, -0.25) is 14.5 Å². The van der Waals surface area contributed by atoms with Crippen LogP contribution >= 0.6 is 0 Å². The zero-order chi connectivity index (χ0) is 20.4. The summed E-state index contributed by atoms with van der Waals surface area (Å²) < 4.78 is 7.32. The van der Waals surface area contributed by atoms with Gasteiger partial charge < -0.3 is 15.0 Å². The SMILES string of the molecule is Cc1cc(NCC2CCn3ncc(C(=O)N4CCOCC4)c3C2)c(C#N)c(C)n1. The van der Waals surface area contributed by atoms with Crippen molar-refractivity contribution < 1.29 is 9.53 Å². The summed E-state index contributed by atoms with van der Waals surface area (Å²) >= 11 is 0. The lowest BCUT2D eigenvalue weighted by Crippen LogP contribution is -2.41. The summed E-state index contributed by atoms with van der Waals surface area (Å²) in [6.45, 7) is 7.78. The van der Waals surface area contributed by atoms with E-state index in [4.69, 9.17) is 4.74 Å². The lowest BCUT2D eigenvalue weighted by Gasteiger charge is -2.28. The lowest BCUT2D eigenvalue weighted by atomic mass is 9.93. The minimum Gasteiger partial charge on any atom is -0.384 e. The Morgan fingerprint density at radius 3 is 2.90 bits per heavy atom. The highest BCUT2D eigenvalue weighted by Gasteiger charge is 2.28. The van der Waals surface area contributed by atoms with Gasteiger partial charge in [-0.05, 0) is 38.7 Å². The molecule has 29 heavy (non-hydrogen) atoms. The van der Waals surface area contributed by atoms with E-state index in [-0.39, 0.29) is 5.91 Å². The number of carbonyl (C=O) groups is 1.